The number of nitrogens with two attached hydrogens (primary N) is 1. The van der Waals surface area contributed by atoms with Crippen LogP contribution in [-0.4, -0.2) is 48.0 Å². The van der Waals surface area contributed by atoms with Crippen LogP contribution in [0.25, 0.3) is 10.9 Å². The number of pyridine rings is 1. The summed E-state index contributed by atoms with van der Waals surface area (Å²) in [6.45, 7) is 0.980. The van der Waals surface area contributed by atoms with Crippen LogP contribution in [0.3, 0.4) is 0 Å². The molecule has 27 heavy (non-hydrogen) atoms. The first-order valence-corrected chi connectivity index (χ1v) is 8.78. The number of carboxylic acids is 1. The quantitative estimate of drug-likeness (QED) is 0.835. The molecule has 0 amide bonds. The molecule has 1 aliphatic heterocycles. The van der Waals surface area contributed by atoms with Gasteiger partial charge < -0.3 is 25.0 Å². The number of hydrogen-bond donors (Lipinski definition) is 2. The van der Waals surface area contributed by atoms with Crippen molar-refractivity contribution in [1.82, 2.24) is 4.57 Å². The number of rotatable bonds is 4. The summed E-state index contributed by atoms with van der Waals surface area (Å²) in [6.07, 6.45) is 2.65. The summed E-state index contributed by atoms with van der Waals surface area (Å²) in [5, 5.41) is 9.01. The van der Waals surface area contributed by atoms with Gasteiger partial charge in [0.1, 0.15) is 17.1 Å². The van der Waals surface area contributed by atoms with Crippen LogP contribution < -0.4 is 16.1 Å². The maximum absolute atomic E-state index is 15.5. The van der Waals surface area contributed by atoms with E-state index in [4.69, 9.17) is 10.5 Å². The lowest BCUT2D eigenvalue weighted by Crippen LogP contribution is -2.50. The molecule has 1 aromatic heterocycles. The summed E-state index contributed by atoms with van der Waals surface area (Å²) in [5.74, 6) is -3.20. The number of aromatic nitrogens is 1. The number of morpholine rings is 1. The van der Waals surface area contributed by atoms with E-state index in [2.05, 4.69) is 0 Å². The van der Waals surface area contributed by atoms with Crippen molar-refractivity contribution in [2.75, 3.05) is 31.2 Å². The summed E-state index contributed by atoms with van der Waals surface area (Å²) in [5.41, 5.74) is 4.02. The fourth-order valence-electron chi connectivity index (χ4n) is 3.63. The summed E-state index contributed by atoms with van der Waals surface area (Å²) in [7, 11) is 0. The molecule has 1 aliphatic carbocycles. The van der Waals surface area contributed by atoms with Gasteiger partial charge in [-0.1, -0.05) is 0 Å². The molecule has 2 aliphatic rings. The second kappa shape index (κ2) is 6.58. The molecule has 2 heterocycles. The molecule has 0 spiro atoms. The number of aromatic carboxylic acids is 1. The van der Waals surface area contributed by atoms with Crippen molar-refractivity contribution >= 4 is 22.6 Å². The van der Waals surface area contributed by atoms with E-state index in [0.717, 1.165) is 25.1 Å². The highest BCUT2D eigenvalue weighted by atomic mass is 19.1. The molecule has 1 aromatic carbocycles. The number of fused-ring (bicyclic) bond motifs is 1. The smallest absolute Gasteiger partial charge is 0.341 e. The molecule has 144 valence electrons. The van der Waals surface area contributed by atoms with E-state index in [-0.39, 0.29) is 48.4 Å². The topological polar surface area (TPSA) is 97.8 Å². The van der Waals surface area contributed by atoms with Gasteiger partial charge in [-0.15, -0.1) is 0 Å². The lowest BCUT2D eigenvalue weighted by Gasteiger charge is -2.37. The maximum Gasteiger partial charge on any atom is 0.341 e. The Morgan fingerprint density at radius 3 is 2.74 bits per heavy atom. The average molecular weight is 379 g/mol. The number of halogens is 2. The molecule has 3 N–H and O–H groups in total. The van der Waals surface area contributed by atoms with Crippen LogP contribution in [0.4, 0.5) is 14.5 Å². The molecule has 1 atom stereocenters. The van der Waals surface area contributed by atoms with Crippen LogP contribution in [0.1, 0.15) is 29.2 Å². The molecule has 2 aromatic rings. The molecule has 2 fully saturated rings. The Balaban J connectivity index is 2.01. The zero-order valence-electron chi connectivity index (χ0n) is 14.5. The lowest BCUT2D eigenvalue weighted by molar-refractivity contribution is 0.0694. The SMILES string of the molecule is NCC1COCCN1c1c(F)cc2c(=O)c(C(=O)O)cn(C3CC3)c2c1F. The molecular weight excluding hydrogens is 360 g/mol. The molecular formula is C18H19F2N3O4. The number of carbonyl (C=O) groups is 1. The highest BCUT2D eigenvalue weighted by molar-refractivity contribution is 5.94. The number of benzene rings is 1. The van der Waals surface area contributed by atoms with E-state index < -0.39 is 28.6 Å². The van der Waals surface area contributed by atoms with Crippen LogP contribution in [0.5, 0.6) is 0 Å². The van der Waals surface area contributed by atoms with Crippen LogP contribution >= 0.6 is 0 Å². The van der Waals surface area contributed by atoms with Crippen molar-refractivity contribution in [3.63, 3.8) is 0 Å². The van der Waals surface area contributed by atoms with Gasteiger partial charge in [0, 0.05) is 25.3 Å². The summed E-state index contributed by atoms with van der Waals surface area (Å²) in [6, 6.07) is 0.443. The van der Waals surface area contributed by atoms with E-state index >= 15 is 4.39 Å². The first kappa shape index (κ1) is 17.9. The summed E-state index contributed by atoms with van der Waals surface area (Å²) < 4.78 is 37.2. The summed E-state index contributed by atoms with van der Waals surface area (Å²) >= 11 is 0. The van der Waals surface area contributed by atoms with E-state index in [0.29, 0.717) is 6.61 Å². The number of hydrogen-bond acceptors (Lipinski definition) is 5. The van der Waals surface area contributed by atoms with Gasteiger partial charge in [0.25, 0.3) is 0 Å². The third-order valence-electron chi connectivity index (χ3n) is 5.14. The number of carboxylic acid groups (broad SMARTS) is 1. The molecule has 1 saturated carbocycles. The summed E-state index contributed by atoms with van der Waals surface area (Å²) in [4.78, 5) is 25.4. The van der Waals surface area contributed by atoms with Crippen molar-refractivity contribution in [2.45, 2.75) is 24.9 Å². The Morgan fingerprint density at radius 2 is 2.11 bits per heavy atom. The third kappa shape index (κ3) is 2.87. The van der Waals surface area contributed by atoms with Crippen LogP contribution in [0, 0.1) is 11.6 Å². The minimum atomic E-state index is -1.42. The van der Waals surface area contributed by atoms with E-state index in [9.17, 15) is 19.1 Å². The Kier molecular flexibility index (Phi) is 4.35. The van der Waals surface area contributed by atoms with Gasteiger partial charge in [-0.3, -0.25) is 4.79 Å². The van der Waals surface area contributed by atoms with Crippen LogP contribution in [-0.2, 0) is 4.74 Å². The first-order chi connectivity index (χ1) is 12.9. The average Bonchev–Trinajstić information content (AvgIpc) is 3.47. The third-order valence-corrected chi connectivity index (χ3v) is 5.14. The van der Waals surface area contributed by atoms with Gasteiger partial charge >= 0.3 is 5.97 Å². The van der Waals surface area contributed by atoms with E-state index in [1.165, 1.54) is 9.47 Å². The molecule has 4 rings (SSSR count). The first-order valence-electron chi connectivity index (χ1n) is 8.78. The van der Waals surface area contributed by atoms with Gasteiger partial charge in [-0.2, -0.15) is 0 Å². The molecule has 0 radical (unpaired) electrons. The van der Waals surface area contributed by atoms with Crippen molar-refractivity contribution in [2.24, 2.45) is 5.73 Å². The van der Waals surface area contributed by atoms with Crippen LogP contribution in [0.15, 0.2) is 17.1 Å². The molecule has 1 saturated heterocycles. The Labute approximate surface area is 152 Å². The van der Waals surface area contributed by atoms with Gasteiger partial charge in [0.15, 0.2) is 5.82 Å². The van der Waals surface area contributed by atoms with Crippen LogP contribution in [0.2, 0.25) is 0 Å². The molecule has 7 nitrogen and oxygen atoms in total. The van der Waals surface area contributed by atoms with E-state index in [1.807, 2.05) is 0 Å². The molecule has 9 heteroatoms. The number of ether oxygens (including phenoxy) is 1. The zero-order chi connectivity index (χ0) is 19.3. The lowest BCUT2D eigenvalue weighted by atomic mass is 10.1. The van der Waals surface area contributed by atoms with Gasteiger partial charge in [-0.05, 0) is 18.9 Å². The zero-order valence-corrected chi connectivity index (χ0v) is 14.5. The van der Waals surface area contributed by atoms with Crippen molar-refractivity contribution < 1.29 is 23.4 Å². The predicted molar refractivity (Wildman–Crippen MR) is 94.4 cm³/mol. The van der Waals surface area contributed by atoms with Crippen molar-refractivity contribution in [1.29, 1.82) is 0 Å². The second-order valence-electron chi connectivity index (χ2n) is 6.89. The normalized spacial score (nSPS) is 20.3. The fourth-order valence-corrected chi connectivity index (χ4v) is 3.63. The number of anilines is 1. The Morgan fingerprint density at radius 1 is 1.37 bits per heavy atom. The predicted octanol–water partition coefficient (Wildman–Crippen LogP) is 1.48. The number of nitrogens with zero attached hydrogens (tertiary/aromatic N) is 2. The van der Waals surface area contributed by atoms with E-state index in [1.54, 1.807) is 0 Å². The highest BCUT2D eigenvalue weighted by Gasteiger charge is 2.33. The Bertz CT molecular complexity index is 987. The van der Waals surface area contributed by atoms with Crippen molar-refractivity contribution in [3.05, 3.63) is 39.7 Å². The minimum Gasteiger partial charge on any atom is -0.477 e. The largest absolute Gasteiger partial charge is 0.477 e. The minimum absolute atomic E-state index is 0.0637. The standard InChI is InChI=1S/C18H19F2N3O4/c19-13-5-11-15(14(20)16(13)22-3-4-27-8-10(22)6-21)23(9-1-2-9)7-12(17(11)24)18(25)26/h5,7,9-10H,1-4,6,8,21H2,(H,25,26). The molecule has 0 bridgehead atoms. The maximum atomic E-state index is 15.5. The van der Waals surface area contributed by atoms with Gasteiger partial charge in [-0.25, -0.2) is 13.6 Å². The van der Waals surface area contributed by atoms with Crippen molar-refractivity contribution in [3.8, 4) is 0 Å². The highest BCUT2D eigenvalue weighted by Crippen LogP contribution is 2.40. The monoisotopic (exact) mass is 379 g/mol. The Hall–Kier alpha value is -2.52. The van der Waals surface area contributed by atoms with Gasteiger partial charge in [0.05, 0.1) is 30.2 Å². The fraction of sp³-hybridized carbons (Fsp3) is 0.444. The second-order valence-corrected chi connectivity index (χ2v) is 6.89. The molecule has 1 unspecified atom stereocenters. The van der Waals surface area contributed by atoms with Gasteiger partial charge in [0.2, 0.25) is 5.43 Å².